The molecule has 1 aliphatic heterocycles. The molecule has 168 valence electrons. The fourth-order valence-corrected chi connectivity index (χ4v) is 4.81. The molecule has 2 aromatic rings. The Morgan fingerprint density at radius 1 is 1.19 bits per heavy atom. The number of hydrogen-bond donors (Lipinski definition) is 1. The first-order chi connectivity index (χ1) is 14.8. The predicted molar refractivity (Wildman–Crippen MR) is 126 cm³/mol. The van der Waals surface area contributed by atoms with E-state index >= 15 is 0 Å². The molecule has 1 heterocycles. The lowest BCUT2D eigenvalue weighted by atomic mass is 10.0. The molecule has 0 aliphatic carbocycles. The van der Waals surface area contributed by atoms with Gasteiger partial charge in [0.2, 0.25) is 10.0 Å². The van der Waals surface area contributed by atoms with Crippen LogP contribution in [0, 0.1) is 6.92 Å². The smallest absolute Gasteiger partial charge is 0.254 e. The van der Waals surface area contributed by atoms with Gasteiger partial charge >= 0.3 is 0 Å². The first kappa shape index (κ1) is 23.3. The number of amides is 1. The van der Waals surface area contributed by atoms with Gasteiger partial charge in [-0.2, -0.15) is 0 Å². The van der Waals surface area contributed by atoms with E-state index in [-0.39, 0.29) is 11.9 Å². The fourth-order valence-electron chi connectivity index (χ4n) is 4.19. The number of carbonyl (C=O) groups excluding carboxylic acids is 1. The number of piperidine rings is 1. The van der Waals surface area contributed by atoms with Crippen LogP contribution in [0.2, 0.25) is 0 Å². The highest BCUT2D eigenvalue weighted by Crippen LogP contribution is 2.23. The fraction of sp³-hybridized carbons (Fsp3) is 0.458. The Hall–Kier alpha value is -2.38. The molecule has 0 spiro atoms. The van der Waals surface area contributed by atoms with E-state index in [4.69, 9.17) is 0 Å². The number of nitrogens with zero attached hydrogens (tertiary/aromatic N) is 2. The summed E-state index contributed by atoms with van der Waals surface area (Å²) in [6, 6.07) is 15.8. The summed E-state index contributed by atoms with van der Waals surface area (Å²) in [4.78, 5) is 17.9. The summed E-state index contributed by atoms with van der Waals surface area (Å²) in [6.07, 6.45) is 4.03. The first-order valence-electron chi connectivity index (χ1n) is 10.9. The number of nitrogens with one attached hydrogen (secondary N) is 1. The molecule has 1 aliphatic rings. The third-order valence-corrected chi connectivity index (χ3v) is 6.27. The zero-order valence-electron chi connectivity index (χ0n) is 18.7. The van der Waals surface area contributed by atoms with Gasteiger partial charge in [-0.3, -0.25) is 14.4 Å². The van der Waals surface area contributed by atoms with Crippen LogP contribution in [0.4, 0.5) is 5.69 Å². The Balaban J connectivity index is 1.77. The van der Waals surface area contributed by atoms with Crippen LogP contribution in [-0.2, 0) is 16.6 Å². The average molecular weight is 444 g/mol. The number of carbonyl (C=O) groups is 1. The number of anilines is 1. The van der Waals surface area contributed by atoms with Crippen molar-refractivity contribution in [3.05, 3.63) is 65.2 Å². The van der Waals surface area contributed by atoms with E-state index in [9.17, 15) is 13.2 Å². The molecular formula is C24H33N3O3S. The zero-order valence-corrected chi connectivity index (χ0v) is 19.5. The minimum atomic E-state index is -3.41. The SMILES string of the molecule is CCCN(C(=O)c1ccc(C)c(NS(C)(=O)=O)c1)[C@@H]1CCCN(Cc2ccccc2)C1. The second-order valence-corrected chi connectivity index (χ2v) is 10.2. The normalized spacial score (nSPS) is 17.3. The van der Waals surface area contributed by atoms with Crippen LogP contribution < -0.4 is 4.72 Å². The lowest BCUT2D eigenvalue weighted by Gasteiger charge is -2.39. The van der Waals surface area contributed by atoms with Crippen molar-refractivity contribution >= 4 is 21.6 Å². The maximum absolute atomic E-state index is 13.5. The topological polar surface area (TPSA) is 69.7 Å². The third-order valence-electron chi connectivity index (χ3n) is 5.68. The van der Waals surface area contributed by atoms with Gasteiger partial charge in [0, 0.05) is 31.2 Å². The van der Waals surface area contributed by atoms with E-state index in [1.165, 1.54) is 5.56 Å². The molecule has 6 nitrogen and oxygen atoms in total. The largest absolute Gasteiger partial charge is 0.334 e. The molecule has 7 heteroatoms. The zero-order chi connectivity index (χ0) is 22.4. The molecule has 31 heavy (non-hydrogen) atoms. The molecule has 0 saturated carbocycles. The van der Waals surface area contributed by atoms with Crippen LogP contribution in [0.1, 0.15) is 47.7 Å². The summed E-state index contributed by atoms with van der Waals surface area (Å²) in [7, 11) is -3.41. The minimum absolute atomic E-state index is 0.0371. The van der Waals surface area contributed by atoms with Gasteiger partial charge in [-0.15, -0.1) is 0 Å². The Morgan fingerprint density at radius 2 is 1.94 bits per heavy atom. The van der Waals surface area contributed by atoms with Crippen LogP contribution in [0.3, 0.4) is 0 Å². The van der Waals surface area contributed by atoms with E-state index in [1.54, 1.807) is 18.2 Å². The lowest BCUT2D eigenvalue weighted by molar-refractivity contribution is 0.0534. The second kappa shape index (κ2) is 10.3. The van der Waals surface area contributed by atoms with Crippen molar-refractivity contribution in [2.45, 2.75) is 45.7 Å². The van der Waals surface area contributed by atoms with Crippen LogP contribution in [0.5, 0.6) is 0 Å². The molecule has 1 fully saturated rings. The maximum atomic E-state index is 13.5. The Bertz CT molecular complexity index is 992. The van der Waals surface area contributed by atoms with Crippen LogP contribution in [0.25, 0.3) is 0 Å². The number of likely N-dealkylation sites (tertiary alicyclic amines) is 1. The summed E-state index contributed by atoms with van der Waals surface area (Å²) in [6.45, 7) is 7.36. The van der Waals surface area contributed by atoms with Crippen molar-refractivity contribution in [3.63, 3.8) is 0 Å². The maximum Gasteiger partial charge on any atom is 0.254 e. The van der Waals surface area contributed by atoms with Crippen LogP contribution in [-0.4, -0.2) is 56.1 Å². The molecule has 3 rings (SSSR count). The van der Waals surface area contributed by atoms with Gasteiger partial charge in [-0.1, -0.05) is 43.3 Å². The molecule has 1 amide bonds. The number of sulfonamides is 1. The summed E-state index contributed by atoms with van der Waals surface area (Å²) in [5, 5.41) is 0. The molecule has 0 aromatic heterocycles. The number of benzene rings is 2. The number of aryl methyl sites for hydroxylation is 1. The van der Waals surface area contributed by atoms with E-state index in [2.05, 4.69) is 40.8 Å². The number of rotatable bonds is 8. The van der Waals surface area contributed by atoms with Gasteiger partial charge in [-0.25, -0.2) is 8.42 Å². The van der Waals surface area contributed by atoms with Crippen LogP contribution >= 0.6 is 0 Å². The highest BCUT2D eigenvalue weighted by molar-refractivity contribution is 7.92. The standard InChI is InChI=1S/C24H33N3O3S/c1-4-14-27(22-11-8-15-26(18-22)17-20-9-6-5-7-10-20)24(28)21-13-12-19(2)23(16-21)25-31(3,29)30/h5-7,9-10,12-13,16,22,25H,4,8,11,14-15,17-18H2,1-3H3/t22-/m1/s1. The molecule has 1 saturated heterocycles. The molecule has 1 atom stereocenters. The average Bonchev–Trinajstić information content (AvgIpc) is 2.73. The van der Waals surface area contributed by atoms with Gasteiger partial charge in [0.15, 0.2) is 0 Å². The predicted octanol–water partition coefficient (Wildman–Crippen LogP) is 3.88. The van der Waals surface area contributed by atoms with Gasteiger partial charge in [0.25, 0.3) is 5.91 Å². The van der Waals surface area contributed by atoms with Crippen molar-refractivity contribution in [1.82, 2.24) is 9.80 Å². The van der Waals surface area contributed by atoms with E-state index in [0.717, 1.165) is 50.7 Å². The second-order valence-electron chi connectivity index (χ2n) is 8.42. The van der Waals surface area contributed by atoms with Crippen molar-refractivity contribution in [1.29, 1.82) is 0 Å². The van der Waals surface area contributed by atoms with E-state index in [1.807, 2.05) is 17.9 Å². The molecule has 0 bridgehead atoms. The molecular weight excluding hydrogens is 410 g/mol. The summed E-state index contributed by atoms with van der Waals surface area (Å²) < 4.78 is 25.9. The van der Waals surface area contributed by atoms with Crippen molar-refractivity contribution in [2.75, 3.05) is 30.6 Å². The number of hydrogen-bond acceptors (Lipinski definition) is 4. The van der Waals surface area contributed by atoms with E-state index in [0.29, 0.717) is 17.8 Å². The molecule has 2 aromatic carbocycles. The summed E-state index contributed by atoms with van der Waals surface area (Å²) in [5.41, 5.74) is 3.05. The summed E-state index contributed by atoms with van der Waals surface area (Å²) in [5.74, 6) is -0.0371. The van der Waals surface area contributed by atoms with Gasteiger partial charge in [-0.05, 0) is 56.0 Å². The molecule has 0 unspecified atom stereocenters. The lowest BCUT2D eigenvalue weighted by Crippen LogP contribution is -2.50. The van der Waals surface area contributed by atoms with Gasteiger partial charge in [0.1, 0.15) is 0 Å². The first-order valence-corrected chi connectivity index (χ1v) is 12.8. The molecule has 1 N–H and O–H groups in total. The van der Waals surface area contributed by atoms with Gasteiger partial charge < -0.3 is 4.90 Å². The van der Waals surface area contributed by atoms with Crippen molar-refractivity contribution in [3.8, 4) is 0 Å². The Kier molecular flexibility index (Phi) is 7.73. The monoisotopic (exact) mass is 443 g/mol. The third kappa shape index (κ3) is 6.55. The van der Waals surface area contributed by atoms with Crippen LogP contribution in [0.15, 0.2) is 48.5 Å². The minimum Gasteiger partial charge on any atom is -0.334 e. The Morgan fingerprint density at radius 3 is 2.61 bits per heavy atom. The highest BCUT2D eigenvalue weighted by atomic mass is 32.2. The van der Waals surface area contributed by atoms with Crippen molar-refractivity contribution < 1.29 is 13.2 Å². The molecule has 0 radical (unpaired) electrons. The highest BCUT2D eigenvalue weighted by Gasteiger charge is 2.29. The summed E-state index contributed by atoms with van der Waals surface area (Å²) >= 11 is 0. The van der Waals surface area contributed by atoms with Crippen molar-refractivity contribution in [2.24, 2.45) is 0 Å². The van der Waals surface area contributed by atoms with E-state index < -0.39 is 10.0 Å². The van der Waals surface area contributed by atoms with Gasteiger partial charge in [0.05, 0.1) is 11.9 Å². The quantitative estimate of drug-likeness (QED) is 0.672. The Labute approximate surface area is 186 Å².